The normalized spacial score (nSPS) is 19.7. The fraction of sp³-hybridized carbons (Fsp3) is 0.400. The fourth-order valence-corrected chi connectivity index (χ4v) is 5.45. The second-order valence-corrected chi connectivity index (χ2v) is 9.89. The summed E-state index contributed by atoms with van der Waals surface area (Å²) in [5.41, 5.74) is -0.502. The average Bonchev–Trinajstić information content (AvgIpc) is 2.69. The zero-order chi connectivity index (χ0) is 22.8. The molecule has 1 N–H and O–H groups in total. The number of sulfonamides is 1. The summed E-state index contributed by atoms with van der Waals surface area (Å²) in [4.78, 5) is 34.4. The van der Waals surface area contributed by atoms with Crippen molar-refractivity contribution < 1.29 is 18.1 Å². The highest BCUT2D eigenvalue weighted by Crippen LogP contribution is 2.27. The van der Waals surface area contributed by atoms with Gasteiger partial charge in [0, 0.05) is 30.9 Å². The smallest absolute Gasteiger partial charge is 0.285 e. The molecule has 2 aromatic rings. The number of nitrogens with one attached hydrogen (secondary N) is 1. The number of nitro groups is 1. The predicted octanol–water partition coefficient (Wildman–Crippen LogP) is 2.06. The molecular formula is C20H24N4O6S. The van der Waals surface area contributed by atoms with Crippen LogP contribution in [0.3, 0.4) is 0 Å². The zero-order valence-electron chi connectivity index (χ0n) is 17.2. The van der Waals surface area contributed by atoms with Gasteiger partial charge < -0.3 is 5.32 Å². The molecule has 0 spiro atoms. The molecule has 0 saturated carbocycles. The SMILES string of the molecule is C[C@H]1C[C@H](C)CN(S(=O)(=O)c2ccc(NC(=O)Cn3cc([N+](=O)[O-])ccc3=O)cc2)C1. The van der Waals surface area contributed by atoms with Crippen LogP contribution in [0.1, 0.15) is 20.3 Å². The van der Waals surface area contributed by atoms with E-state index in [9.17, 15) is 28.1 Å². The number of benzene rings is 1. The number of anilines is 1. The monoisotopic (exact) mass is 448 g/mol. The van der Waals surface area contributed by atoms with E-state index < -0.39 is 33.0 Å². The maximum absolute atomic E-state index is 12.9. The highest BCUT2D eigenvalue weighted by atomic mass is 32.2. The van der Waals surface area contributed by atoms with E-state index in [0.29, 0.717) is 18.8 Å². The molecule has 2 atom stereocenters. The number of nitrogens with zero attached hydrogens (tertiary/aromatic N) is 3. The van der Waals surface area contributed by atoms with E-state index in [1.54, 1.807) is 0 Å². The van der Waals surface area contributed by atoms with Crippen molar-refractivity contribution in [3.63, 3.8) is 0 Å². The number of piperidine rings is 1. The van der Waals surface area contributed by atoms with Crippen LogP contribution < -0.4 is 10.9 Å². The molecule has 0 unspecified atom stereocenters. The second kappa shape index (κ2) is 8.98. The van der Waals surface area contributed by atoms with Crippen molar-refractivity contribution in [3.8, 4) is 0 Å². The number of pyridine rings is 1. The second-order valence-electron chi connectivity index (χ2n) is 7.95. The maximum Gasteiger partial charge on any atom is 0.285 e. The van der Waals surface area contributed by atoms with Crippen molar-refractivity contribution in [1.82, 2.24) is 8.87 Å². The first-order chi connectivity index (χ1) is 14.6. The number of carbonyl (C=O) groups excluding carboxylic acids is 1. The zero-order valence-corrected chi connectivity index (χ0v) is 18.0. The van der Waals surface area contributed by atoms with Gasteiger partial charge in [-0.2, -0.15) is 4.31 Å². The summed E-state index contributed by atoms with van der Waals surface area (Å²) >= 11 is 0. The first-order valence-corrected chi connectivity index (χ1v) is 11.2. The highest BCUT2D eigenvalue weighted by Gasteiger charge is 2.31. The van der Waals surface area contributed by atoms with Crippen LogP contribution in [0.4, 0.5) is 11.4 Å². The van der Waals surface area contributed by atoms with Crippen LogP contribution in [0, 0.1) is 22.0 Å². The molecule has 1 aliphatic heterocycles. The summed E-state index contributed by atoms with van der Waals surface area (Å²) < 4.78 is 28.3. The Bertz CT molecular complexity index is 1130. The molecule has 166 valence electrons. The third-order valence-corrected chi connectivity index (χ3v) is 6.95. The Kier molecular flexibility index (Phi) is 6.56. The van der Waals surface area contributed by atoms with Gasteiger partial charge in [0.25, 0.3) is 11.2 Å². The molecule has 0 aliphatic carbocycles. The minimum atomic E-state index is -3.63. The first kappa shape index (κ1) is 22.6. The van der Waals surface area contributed by atoms with Gasteiger partial charge in [-0.25, -0.2) is 8.42 Å². The van der Waals surface area contributed by atoms with Crippen LogP contribution >= 0.6 is 0 Å². The molecular weight excluding hydrogens is 424 g/mol. The van der Waals surface area contributed by atoms with Gasteiger partial charge in [0.2, 0.25) is 15.9 Å². The van der Waals surface area contributed by atoms with E-state index in [1.165, 1.54) is 28.6 Å². The molecule has 1 aromatic carbocycles. The Hall–Kier alpha value is -3.05. The molecule has 11 heteroatoms. The van der Waals surface area contributed by atoms with Crippen molar-refractivity contribution in [1.29, 1.82) is 0 Å². The lowest BCUT2D eigenvalue weighted by Crippen LogP contribution is -2.42. The van der Waals surface area contributed by atoms with Crippen LogP contribution in [0.15, 0.2) is 52.3 Å². The number of aromatic nitrogens is 1. The van der Waals surface area contributed by atoms with Crippen molar-refractivity contribution in [2.45, 2.75) is 31.7 Å². The van der Waals surface area contributed by atoms with E-state index in [2.05, 4.69) is 5.32 Å². The van der Waals surface area contributed by atoms with Crippen LogP contribution in [-0.2, 0) is 21.4 Å². The fourth-order valence-electron chi connectivity index (χ4n) is 3.77. The van der Waals surface area contributed by atoms with Gasteiger partial charge in [-0.3, -0.25) is 24.3 Å². The summed E-state index contributed by atoms with van der Waals surface area (Å²) in [6.45, 7) is 4.60. The summed E-state index contributed by atoms with van der Waals surface area (Å²) in [5, 5.41) is 13.4. The van der Waals surface area contributed by atoms with Crippen LogP contribution in [0.2, 0.25) is 0 Å². The lowest BCUT2D eigenvalue weighted by atomic mass is 9.94. The lowest BCUT2D eigenvalue weighted by Gasteiger charge is -2.34. The number of carbonyl (C=O) groups is 1. The topological polar surface area (TPSA) is 132 Å². The van der Waals surface area contributed by atoms with E-state index in [1.807, 2.05) is 13.8 Å². The molecule has 2 heterocycles. The van der Waals surface area contributed by atoms with E-state index in [4.69, 9.17) is 0 Å². The van der Waals surface area contributed by atoms with Gasteiger partial charge in [-0.15, -0.1) is 0 Å². The third kappa shape index (κ3) is 5.36. The molecule has 10 nitrogen and oxygen atoms in total. The van der Waals surface area contributed by atoms with Gasteiger partial charge in [0.05, 0.1) is 16.0 Å². The highest BCUT2D eigenvalue weighted by molar-refractivity contribution is 7.89. The van der Waals surface area contributed by atoms with Gasteiger partial charge in [-0.1, -0.05) is 13.8 Å². The molecule has 0 bridgehead atoms. The Balaban J connectivity index is 1.69. The minimum Gasteiger partial charge on any atom is -0.325 e. The largest absolute Gasteiger partial charge is 0.325 e. The van der Waals surface area contributed by atoms with Crippen LogP contribution in [-0.4, -0.2) is 41.2 Å². The number of amides is 1. The number of rotatable bonds is 6. The van der Waals surface area contributed by atoms with Gasteiger partial charge in [0.15, 0.2) is 0 Å². The van der Waals surface area contributed by atoms with Crippen LogP contribution in [0.5, 0.6) is 0 Å². The standard InChI is InChI=1S/C20H24N4O6S/c1-14-9-15(2)11-23(10-14)31(29,30)18-6-3-16(4-7-18)21-19(25)13-22-12-17(24(27)28)5-8-20(22)26/h3-8,12,14-15H,9-11,13H2,1-2H3,(H,21,25)/t14-,15-/m0/s1. The molecule has 1 fully saturated rings. The predicted molar refractivity (Wildman–Crippen MR) is 114 cm³/mol. The molecule has 1 aliphatic rings. The van der Waals surface area contributed by atoms with Gasteiger partial charge >= 0.3 is 0 Å². The summed E-state index contributed by atoms with van der Waals surface area (Å²) in [6.07, 6.45) is 1.99. The molecule has 1 aromatic heterocycles. The molecule has 3 rings (SSSR count). The maximum atomic E-state index is 12.9. The summed E-state index contributed by atoms with van der Waals surface area (Å²) in [6, 6.07) is 7.88. The summed E-state index contributed by atoms with van der Waals surface area (Å²) in [5.74, 6) is 0.000455. The lowest BCUT2D eigenvalue weighted by molar-refractivity contribution is -0.385. The Labute approximate surface area is 179 Å². The first-order valence-electron chi connectivity index (χ1n) is 9.81. The molecule has 0 radical (unpaired) electrons. The minimum absolute atomic E-state index is 0.140. The van der Waals surface area contributed by atoms with Crippen molar-refractivity contribution in [2.24, 2.45) is 11.8 Å². The third-order valence-electron chi connectivity index (χ3n) is 5.10. The van der Waals surface area contributed by atoms with Crippen molar-refractivity contribution in [2.75, 3.05) is 18.4 Å². The average molecular weight is 449 g/mol. The molecule has 1 amide bonds. The van der Waals surface area contributed by atoms with Crippen molar-refractivity contribution >= 4 is 27.3 Å². The number of hydrogen-bond donors (Lipinski definition) is 1. The van der Waals surface area contributed by atoms with E-state index in [-0.39, 0.29) is 22.4 Å². The van der Waals surface area contributed by atoms with Crippen LogP contribution in [0.25, 0.3) is 0 Å². The van der Waals surface area contributed by atoms with Gasteiger partial charge in [0.1, 0.15) is 6.54 Å². The summed E-state index contributed by atoms with van der Waals surface area (Å²) in [7, 11) is -3.63. The molecule has 1 saturated heterocycles. The Morgan fingerprint density at radius 2 is 1.74 bits per heavy atom. The quantitative estimate of drug-likeness (QED) is 0.531. The van der Waals surface area contributed by atoms with Crippen molar-refractivity contribution in [3.05, 3.63) is 63.1 Å². The van der Waals surface area contributed by atoms with Gasteiger partial charge in [-0.05, 0) is 42.5 Å². The van der Waals surface area contributed by atoms with E-state index in [0.717, 1.165) is 29.3 Å². The Morgan fingerprint density at radius 3 is 2.32 bits per heavy atom. The Morgan fingerprint density at radius 1 is 1.13 bits per heavy atom. The number of hydrogen-bond acceptors (Lipinski definition) is 6. The van der Waals surface area contributed by atoms with E-state index >= 15 is 0 Å². The molecule has 31 heavy (non-hydrogen) atoms.